The highest BCUT2D eigenvalue weighted by atomic mass is 16.4. The van der Waals surface area contributed by atoms with E-state index in [2.05, 4.69) is 26.1 Å². The molecule has 1 atom stereocenters. The van der Waals surface area contributed by atoms with Gasteiger partial charge in [0.05, 0.1) is 0 Å². The van der Waals surface area contributed by atoms with Gasteiger partial charge in [-0.1, -0.05) is 26.7 Å². The van der Waals surface area contributed by atoms with Gasteiger partial charge in [0, 0.05) is 26.1 Å². The monoisotopic (exact) mass is 286 g/mol. The summed E-state index contributed by atoms with van der Waals surface area (Å²) in [4.78, 5) is 24.0. The molecule has 0 aliphatic rings. The molecule has 0 heterocycles. The quantitative estimate of drug-likeness (QED) is 0.606. The molecule has 0 aliphatic carbocycles. The van der Waals surface area contributed by atoms with Gasteiger partial charge in [0.15, 0.2) is 0 Å². The summed E-state index contributed by atoms with van der Waals surface area (Å²) in [5.74, 6) is -0.159. The SMILES string of the molecule is CC(C)CC(C)N(C)C(=O)NCCCCCCC(=O)O. The maximum atomic E-state index is 11.9. The molecular formula is C15H30N2O3. The summed E-state index contributed by atoms with van der Waals surface area (Å²) >= 11 is 0. The van der Waals surface area contributed by atoms with E-state index >= 15 is 0 Å². The Labute approximate surface area is 122 Å². The smallest absolute Gasteiger partial charge is 0.317 e. The number of amides is 2. The first-order chi connectivity index (χ1) is 9.34. The Hall–Kier alpha value is -1.26. The minimum absolute atomic E-state index is 0.0244. The molecule has 0 aromatic heterocycles. The fraction of sp³-hybridized carbons (Fsp3) is 0.867. The number of hydrogen-bond acceptors (Lipinski definition) is 2. The van der Waals surface area contributed by atoms with Crippen molar-refractivity contribution < 1.29 is 14.7 Å². The number of rotatable bonds is 10. The minimum Gasteiger partial charge on any atom is -0.481 e. The highest BCUT2D eigenvalue weighted by Gasteiger charge is 2.15. The van der Waals surface area contributed by atoms with Crippen LogP contribution in [0.5, 0.6) is 0 Å². The van der Waals surface area contributed by atoms with E-state index in [1.807, 2.05) is 7.05 Å². The standard InChI is InChI=1S/C15H30N2O3/c1-12(2)11-13(3)17(4)15(20)16-10-8-6-5-7-9-14(18)19/h12-13H,5-11H2,1-4H3,(H,16,20)(H,18,19). The normalized spacial score (nSPS) is 12.2. The van der Waals surface area contributed by atoms with Crippen molar-refractivity contribution in [3.8, 4) is 0 Å². The van der Waals surface area contributed by atoms with E-state index in [1.165, 1.54) is 0 Å². The van der Waals surface area contributed by atoms with Gasteiger partial charge in [-0.25, -0.2) is 4.79 Å². The molecule has 0 aliphatic heterocycles. The zero-order chi connectivity index (χ0) is 15.5. The van der Waals surface area contributed by atoms with Crippen LogP contribution in [-0.4, -0.2) is 41.6 Å². The third-order valence-electron chi connectivity index (χ3n) is 3.39. The summed E-state index contributed by atoms with van der Waals surface area (Å²) < 4.78 is 0. The van der Waals surface area contributed by atoms with Crippen LogP contribution in [0, 0.1) is 5.92 Å². The minimum atomic E-state index is -0.737. The van der Waals surface area contributed by atoms with Crippen molar-refractivity contribution in [1.29, 1.82) is 0 Å². The molecule has 0 aromatic rings. The highest BCUT2D eigenvalue weighted by Crippen LogP contribution is 2.09. The molecule has 20 heavy (non-hydrogen) atoms. The van der Waals surface area contributed by atoms with E-state index in [4.69, 9.17) is 5.11 Å². The number of hydrogen-bond donors (Lipinski definition) is 2. The number of aliphatic carboxylic acids is 1. The molecule has 0 spiro atoms. The average Bonchev–Trinajstić information content (AvgIpc) is 2.35. The van der Waals surface area contributed by atoms with Crippen LogP contribution in [-0.2, 0) is 4.79 Å². The molecule has 0 bridgehead atoms. The Morgan fingerprint density at radius 2 is 1.70 bits per heavy atom. The predicted molar refractivity (Wildman–Crippen MR) is 80.8 cm³/mol. The largest absolute Gasteiger partial charge is 0.481 e. The lowest BCUT2D eigenvalue weighted by Crippen LogP contribution is -2.43. The molecule has 2 N–H and O–H groups in total. The van der Waals surface area contributed by atoms with Gasteiger partial charge in [-0.15, -0.1) is 0 Å². The number of unbranched alkanes of at least 4 members (excludes halogenated alkanes) is 3. The van der Waals surface area contributed by atoms with Gasteiger partial charge in [-0.05, 0) is 32.1 Å². The highest BCUT2D eigenvalue weighted by molar-refractivity contribution is 5.74. The summed E-state index contributed by atoms with van der Waals surface area (Å²) in [5.41, 5.74) is 0. The molecule has 0 saturated heterocycles. The molecule has 5 nitrogen and oxygen atoms in total. The van der Waals surface area contributed by atoms with Crippen LogP contribution in [0.1, 0.15) is 59.3 Å². The van der Waals surface area contributed by atoms with Crippen LogP contribution in [0.25, 0.3) is 0 Å². The predicted octanol–water partition coefficient (Wildman–Crippen LogP) is 3.10. The maximum Gasteiger partial charge on any atom is 0.317 e. The van der Waals surface area contributed by atoms with Crippen LogP contribution < -0.4 is 5.32 Å². The van der Waals surface area contributed by atoms with Gasteiger partial charge in [-0.2, -0.15) is 0 Å². The molecule has 1 unspecified atom stereocenters. The average molecular weight is 286 g/mol. The van der Waals surface area contributed by atoms with Gasteiger partial charge in [0.1, 0.15) is 0 Å². The zero-order valence-corrected chi connectivity index (χ0v) is 13.3. The molecule has 0 saturated carbocycles. The number of carboxylic acid groups (broad SMARTS) is 1. The van der Waals surface area contributed by atoms with Gasteiger partial charge < -0.3 is 15.3 Å². The second kappa shape index (κ2) is 10.5. The van der Waals surface area contributed by atoms with Crippen LogP contribution in [0.2, 0.25) is 0 Å². The second-order valence-electron chi connectivity index (χ2n) is 5.88. The van der Waals surface area contributed by atoms with Gasteiger partial charge in [0.2, 0.25) is 0 Å². The number of carbonyl (C=O) groups excluding carboxylic acids is 1. The number of carbonyl (C=O) groups is 2. The van der Waals surface area contributed by atoms with Crippen molar-refractivity contribution in [3.63, 3.8) is 0 Å². The van der Waals surface area contributed by atoms with E-state index in [-0.39, 0.29) is 18.5 Å². The Bertz CT molecular complexity index is 293. The number of nitrogens with one attached hydrogen (secondary N) is 1. The zero-order valence-electron chi connectivity index (χ0n) is 13.3. The van der Waals surface area contributed by atoms with Gasteiger partial charge in [0.25, 0.3) is 0 Å². The number of carboxylic acids is 1. The van der Waals surface area contributed by atoms with Crippen LogP contribution in [0.3, 0.4) is 0 Å². The van der Waals surface area contributed by atoms with Crippen LogP contribution >= 0.6 is 0 Å². The second-order valence-corrected chi connectivity index (χ2v) is 5.88. The Morgan fingerprint density at radius 1 is 1.10 bits per heavy atom. The molecule has 0 radical (unpaired) electrons. The van der Waals surface area contributed by atoms with Crippen LogP contribution in [0.4, 0.5) is 4.79 Å². The van der Waals surface area contributed by atoms with Crippen molar-refractivity contribution in [2.75, 3.05) is 13.6 Å². The number of urea groups is 1. The molecule has 0 rings (SSSR count). The first-order valence-electron chi connectivity index (χ1n) is 7.57. The van der Waals surface area contributed by atoms with Crippen molar-refractivity contribution in [3.05, 3.63) is 0 Å². The fourth-order valence-electron chi connectivity index (χ4n) is 2.12. The van der Waals surface area contributed by atoms with E-state index in [9.17, 15) is 9.59 Å². The van der Waals surface area contributed by atoms with Crippen molar-refractivity contribution in [2.24, 2.45) is 5.92 Å². The Balaban J connectivity index is 3.64. The van der Waals surface area contributed by atoms with Crippen molar-refractivity contribution in [2.45, 2.75) is 65.3 Å². The molecule has 0 fully saturated rings. The first kappa shape index (κ1) is 18.7. The lowest BCUT2D eigenvalue weighted by atomic mass is 10.0. The van der Waals surface area contributed by atoms with Crippen LogP contribution in [0.15, 0.2) is 0 Å². The first-order valence-corrected chi connectivity index (χ1v) is 7.57. The number of nitrogens with zero attached hydrogens (tertiary/aromatic N) is 1. The summed E-state index contributed by atoms with van der Waals surface area (Å²) in [5, 5.41) is 11.4. The molecule has 5 heteroatoms. The molecule has 2 amide bonds. The lowest BCUT2D eigenvalue weighted by Gasteiger charge is -2.26. The fourth-order valence-corrected chi connectivity index (χ4v) is 2.12. The molecular weight excluding hydrogens is 256 g/mol. The topological polar surface area (TPSA) is 69.6 Å². The maximum absolute atomic E-state index is 11.9. The summed E-state index contributed by atoms with van der Waals surface area (Å²) in [7, 11) is 1.83. The Morgan fingerprint density at radius 3 is 2.25 bits per heavy atom. The van der Waals surface area contributed by atoms with Gasteiger partial charge in [-0.3, -0.25) is 4.79 Å². The van der Waals surface area contributed by atoms with E-state index in [1.54, 1.807) is 4.90 Å². The third kappa shape index (κ3) is 9.64. The van der Waals surface area contributed by atoms with E-state index in [0.717, 1.165) is 25.7 Å². The van der Waals surface area contributed by atoms with E-state index in [0.29, 0.717) is 18.9 Å². The van der Waals surface area contributed by atoms with Crippen molar-refractivity contribution in [1.82, 2.24) is 10.2 Å². The lowest BCUT2D eigenvalue weighted by molar-refractivity contribution is -0.137. The van der Waals surface area contributed by atoms with E-state index < -0.39 is 5.97 Å². The molecule has 118 valence electrons. The summed E-state index contributed by atoms with van der Waals surface area (Å²) in [6, 6.07) is 0.217. The molecule has 0 aromatic carbocycles. The van der Waals surface area contributed by atoms with Gasteiger partial charge >= 0.3 is 12.0 Å². The Kier molecular flexibility index (Phi) is 9.86. The summed E-state index contributed by atoms with van der Waals surface area (Å²) in [6.07, 6.45) is 4.72. The van der Waals surface area contributed by atoms with Crippen molar-refractivity contribution >= 4 is 12.0 Å². The third-order valence-corrected chi connectivity index (χ3v) is 3.39. The summed E-state index contributed by atoms with van der Waals surface area (Å²) in [6.45, 7) is 7.02.